The van der Waals surface area contributed by atoms with E-state index in [9.17, 15) is 9.90 Å². The van der Waals surface area contributed by atoms with Crippen LogP contribution in [0.3, 0.4) is 0 Å². The third-order valence-corrected chi connectivity index (χ3v) is 4.00. The molecule has 2 aromatic rings. The monoisotopic (exact) mass is 290 g/mol. The summed E-state index contributed by atoms with van der Waals surface area (Å²) in [5, 5.41) is 12.5. The highest BCUT2D eigenvalue weighted by Crippen LogP contribution is 2.20. The van der Waals surface area contributed by atoms with Gasteiger partial charge in [-0.25, -0.2) is 4.79 Å². The second kappa shape index (κ2) is 6.05. The molecule has 2 aromatic heterocycles. The van der Waals surface area contributed by atoms with Crippen LogP contribution >= 0.6 is 11.3 Å². The summed E-state index contributed by atoms with van der Waals surface area (Å²) in [7, 11) is 0. The summed E-state index contributed by atoms with van der Waals surface area (Å²) in [6.45, 7) is 5.99. The predicted octanol–water partition coefficient (Wildman–Crippen LogP) is 3.50. The minimum absolute atomic E-state index is 0.160. The largest absolute Gasteiger partial charge is 0.478 e. The number of aromatic nitrogens is 1. The molecule has 0 aromatic carbocycles. The zero-order valence-corrected chi connectivity index (χ0v) is 12.6. The molecule has 2 heterocycles. The molecule has 0 aliphatic heterocycles. The van der Waals surface area contributed by atoms with Crippen molar-refractivity contribution in [2.24, 2.45) is 0 Å². The maximum atomic E-state index is 11.2. The number of nitrogens with zero attached hydrogens (tertiary/aromatic N) is 1. The van der Waals surface area contributed by atoms with Gasteiger partial charge in [-0.3, -0.25) is 4.98 Å². The molecule has 106 valence electrons. The second-order valence-corrected chi connectivity index (χ2v) is 6.31. The number of carboxylic acids is 1. The summed E-state index contributed by atoms with van der Waals surface area (Å²) in [5.74, 6) is -0.959. The van der Waals surface area contributed by atoms with E-state index in [0.29, 0.717) is 5.69 Å². The van der Waals surface area contributed by atoms with Crippen molar-refractivity contribution in [1.29, 1.82) is 0 Å². The molecule has 0 aliphatic carbocycles. The highest BCUT2D eigenvalue weighted by Gasteiger charge is 2.13. The van der Waals surface area contributed by atoms with Crippen LogP contribution in [0.4, 0.5) is 5.69 Å². The van der Waals surface area contributed by atoms with Gasteiger partial charge in [-0.1, -0.05) is 0 Å². The average molecular weight is 290 g/mol. The van der Waals surface area contributed by atoms with Crippen LogP contribution in [-0.2, 0) is 6.42 Å². The number of carbonyl (C=O) groups is 1. The fourth-order valence-corrected chi connectivity index (χ4v) is 3.08. The summed E-state index contributed by atoms with van der Waals surface area (Å²) in [4.78, 5) is 17.8. The molecule has 0 aliphatic rings. The third-order valence-electron chi connectivity index (χ3n) is 2.98. The highest BCUT2D eigenvalue weighted by atomic mass is 32.1. The first-order valence-electron chi connectivity index (χ1n) is 6.47. The predicted molar refractivity (Wildman–Crippen MR) is 81.8 cm³/mol. The molecule has 1 unspecified atom stereocenters. The fraction of sp³-hybridized carbons (Fsp3) is 0.333. The Morgan fingerprint density at radius 3 is 2.80 bits per heavy atom. The van der Waals surface area contributed by atoms with Gasteiger partial charge in [-0.05, 0) is 39.0 Å². The lowest BCUT2D eigenvalue weighted by atomic mass is 10.1. The number of hydrogen-bond acceptors (Lipinski definition) is 4. The number of aromatic carboxylic acids is 1. The van der Waals surface area contributed by atoms with E-state index in [1.807, 2.05) is 6.92 Å². The van der Waals surface area contributed by atoms with Gasteiger partial charge in [0.2, 0.25) is 0 Å². The molecule has 0 saturated carbocycles. The van der Waals surface area contributed by atoms with E-state index in [4.69, 9.17) is 0 Å². The second-order valence-electron chi connectivity index (χ2n) is 4.94. The van der Waals surface area contributed by atoms with Crippen molar-refractivity contribution < 1.29 is 9.90 Å². The molecule has 20 heavy (non-hydrogen) atoms. The number of anilines is 1. The Balaban J connectivity index is 2.12. The molecule has 0 radical (unpaired) electrons. The Morgan fingerprint density at radius 2 is 2.20 bits per heavy atom. The zero-order chi connectivity index (χ0) is 14.7. The van der Waals surface area contributed by atoms with Gasteiger partial charge in [0.25, 0.3) is 0 Å². The maximum absolute atomic E-state index is 11.2. The van der Waals surface area contributed by atoms with Crippen molar-refractivity contribution in [2.75, 3.05) is 5.32 Å². The summed E-state index contributed by atoms with van der Waals surface area (Å²) in [6, 6.07) is 6.16. The summed E-state index contributed by atoms with van der Waals surface area (Å²) >= 11 is 1.77. The van der Waals surface area contributed by atoms with Gasteiger partial charge in [0.1, 0.15) is 5.56 Å². The average Bonchev–Trinajstić information content (AvgIpc) is 2.74. The first kappa shape index (κ1) is 14.5. The lowest BCUT2D eigenvalue weighted by molar-refractivity contribution is 0.0697. The Kier molecular flexibility index (Phi) is 4.39. The van der Waals surface area contributed by atoms with Crippen LogP contribution in [0.25, 0.3) is 0 Å². The molecule has 0 amide bonds. The Hall–Kier alpha value is -1.88. The van der Waals surface area contributed by atoms with Crippen LogP contribution in [0.2, 0.25) is 0 Å². The Morgan fingerprint density at radius 1 is 1.45 bits per heavy atom. The first-order chi connectivity index (χ1) is 9.45. The molecule has 0 spiro atoms. The van der Waals surface area contributed by atoms with Crippen LogP contribution in [0.5, 0.6) is 0 Å². The molecule has 4 nitrogen and oxygen atoms in total. The van der Waals surface area contributed by atoms with Crippen LogP contribution in [0.1, 0.15) is 32.7 Å². The number of carboxylic acid groups (broad SMARTS) is 1. The maximum Gasteiger partial charge on any atom is 0.339 e. The standard InChI is InChI=1S/C15H18N2O2S/c1-9-7-14(13(8-16-9)15(18)19)17-10(2)6-12-5-4-11(3)20-12/h4-5,7-8,10H,6H2,1-3H3,(H,16,17)(H,18,19). The van der Waals surface area contributed by atoms with Crippen LogP contribution in [0, 0.1) is 13.8 Å². The topological polar surface area (TPSA) is 62.2 Å². The van der Waals surface area contributed by atoms with Gasteiger partial charge in [0, 0.05) is 34.1 Å². The van der Waals surface area contributed by atoms with Crippen molar-refractivity contribution in [3.8, 4) is 0 Å². The summed E-state index contributed by atoms with van der Waals surface area (Å²) in [6.07, 6.45) is 2.28. The number of rotatable bonds is 5. The molecule has 0 bridgehead atoms. The van der Waals surface area contributed by atoms with Crippen molar-refractivity contribution in [2.45, 2.75) is 33.2 Å². The van der Waals surface area contributed by atoms with Crippen LogP contribution < -0.4 is 5.32 Å². The van der Waals surface area contributed by atoms with Gasteiger partial charge >= 0.3 is 5.97 Å². The molecule has 2 N–H and O–H groups in total. The van der Waals surface area contributed by atoms with Crippen molar-refractivity contribution in [3.05, 3.63) is 45.4 Å². The van der Waals surface area contributed by atoms with E-state index >= 15 is 0 Å². The summed E-state index contributed by atoms with van der Waals surface area (Å²) < 4.78 is 0. The molecule has 2 rings (SSSR count). The fourth-order valence-electron chi connectivity index (χ4n) is 2.06. The van der Waals surface area contributed by atoms with Crippen molar-refractivity contribution >= 4 is 23.0 Å². The van der Waals surface area contributed by atoms with E-state index in [1.54, 1.807) is 17.4 Å². The van der Waals surface area contributed by atoms with Crippen LogP contribution in [-0.4, -0.2) is 22.1 Å². The SMILES string of the molecule is Cc1cc(NC(C)Cc2ccc(C)s2)c(C(=O)O)cn1. The van der Waals surface area contributed by atoms with E-state index < -0.39 is 5.97 Å². The Labute approximate surface area is 122 Å². The van der Waals surface area contributed by atoms with E-state index in [-0.39, 0.29) is 11.6 Å². The molecule has 0 saturated heterocycles. The number of hydrogen-bond donors (Lipinski definition) is 2. The van der Waals surface area contributed by atoms with Gasteiger partial charge < -0.3 is 10.4 Å². The zero-order valence-electron chi connectivity index (χ0n) is 11.8. The van der Waals surface area contributed by atoms with E-state index in [2.05, 4.69) is 36.3 Å². The minimum atomic E-state index is -0.959. The molecular formula is C15H18N2O2S. The summed E-state index contributed by atoms with van der Waals surface area (Å²) in [5.41, 5.74) is 1.65. The molecule has 1 atom stereocenters. The Bertz CT molecular complexity index is 622. The van der Waals surface area contributed by atoms with Crippen molar-refractivity contribution in [3.63, 3.8) is 0 Å². The lowest BCUT2D eigenvalue weighted by Gasteiger charge is -2.16. The number of pyridine rings is 1. The van der Waals surface area contributed by atoms with Gasteiger partial charge in [-0.2, -0.15) is 0 Å². The molecule has 0 fully saturated rings. The number of aryl methyl sites for hydroxylation is 2. The number of thiophene rings is 1. The smallest absolute Gasteiger partial charge is 0.339 e. The third kappa shape index (κ3) is 3.57. The molecule has 5 heteroatoms. The van der Waals surface area contributed by atoms with Gasteiger partial charge in [-0.15, -0.1) is 11.3 Å². The van der Waals surface area contributed by atoms with E-state index in [0.717, 1.165) is 12.1 Å². The lowest BCUT2D eigenvalue weighted by Crippen LogP contribution is -2.19. The van der Waals surface area contributed by atoms with Crippen molar-refractivity contribution in [1.82, 2.24) is 4.98 Å². The van der Waals surface area contributed by atoms with Gasteiger partial charge in [0.15, 0.2) is 0 Å². The molecular weight excluding hydrogens is 272 g/mol. The first-order valence-corrected chi connectivity index (χ1v) is 7.29. The van der Waals surface area contributed by atoms with Gasteiger partial charge in [0.05, 0.1) is 5.69 Å². The highest BCUT2D eigenvalue weighted by molar-refractivity contribution is 7.11. The minimum Gasteiger partial charge on any atom is -0.478 e. The van der Waals surface area contributed by atoms with Crippen LogP contribution in [0.15, 0.2) is 24.4 Å². The van der Waals surface area contributed by atoms with E-state index in [1.165, 1.54) is 16.0 Å². The number of nitrogens with one attached hydrogen (secondary N) is 1. The normalized spacial score (nSPS) is 12.2. The quantitative estimate of drug-likeness (QED) is 0.884.